The van der Waals surface area contributed by atoms with Gasteiger partial charge < -0.3 is 19.5 Å². The molecule has 2 fully saturated rings. The van der Waals surface area contributed by atoms with E-state index in [-0.39, 0.29) is 11.9 Å². The van der Waals surface area contributed by atoms with Gasteiger partial charge in [-0.1, -0.05) is 0 Å². The van der Waals surface area contributed by atoms with E-state index in [0.717, 1.165) is 70.4 Å². The van der Waals surface area contributed by atoms with Crippen LogP contribution in [0.1, 0.15) is 40.9 Å². The fraction of sp³-hybridized carbons (Fsp3) is 0.647. The highest BCUT2D eigenvalue weighted by atomic mass is 16.3. The number of amides is 3. The van der Waals surface area contributed by atoms with E-state index < -0.39 is 0 Å². The van der Waals surface area contributed by atoms with Crippen LogP contribution in [0, 0.1) is 5.92 Å². The van der Waals surface area contributed by atoms with Crippen molar-refractivity contribution in [2.24, 2.45) is 5.92 Å². The molecule has 1 aliphatic carbocycles. The number of urea groups is 1. The van der Waals surface area contributed by atoms with E-state index in [9.17, 15) is 9.59 Å². The first kappa shape index (κ1) is 14.6. The predicted octanol–water partition coefficient (Wildman–Crippen LogP) is 1.65. The molecule has 0 spiro atoms. The van der Waals surface area contributed by atoms with Crippen LogP contribution in [0.5, 0.6) is 0 Å². The minimum Gasteiger partial charge on any atom is -0.459 e. The van der Waals surface area contributed by atoms with Crippen molar-refractivity contribution < 1.29 is 14.0 Å². The van der Waals surface area contributed by atoms with Crippen molar-refractivity contribution in [1.29, 1.82) is 0 Å². The molecule has 3 aliphatic rings. The SMILES string of the molecule is O=C1NCCN1CC1CCN(C(=O)c2occ3c2CCC3)CC1. The summed E-state index contributed by atoms with van der Waals surface area (Å²) in [6.07, 6.45) is 6.80. The van der Waals surface area contributed by atoms with Crippen molar-refractivity contribution in [3.63, 3.8) is 0 Å². The summed E-state index contributed by atoms with van der Waals surface area (Å²) < 4.78 is 5.55. The van der Waals surface area contributed by atoms with E-state index in [1.807, 2.05) is 9.80 Å². The predicted molar refractivity (Wildman–Crippen MR) is 84.3 cm³/mol. The molecule has 6 nitrogen and oxygen atoms in total. The third-order valence-corrected chi connectivity index (χ3v) is 5.37. The smallest absolute Gasteiger partial charge is 0.317 e. The molecule has 1 N–H and O–H groups in total. The maximum Gasteiger partial charge on any atom is 0.317 e. The number of hydrogen-bond donors (Lipinski definition) is 1. The molecule has 124 valence electrons. The maximum absolute atomic E-state index is 12.7. The van der Waals surface area contributed by atoms with Gasteiger partial charge in [-0.25, -0.2) is 4.79 Å². The number of carbonyl (C=O) groups is 2. The Kier molecular flexibility index (Phi) is 3.75. The summed E-state index contributed by atoms with van der Waals surface area (Å²) in [6.45, 7) is 3.88. The molecule has 2 saturated heterocycles. The van der Waals surface area contributed by atoms with Gasteiger partial charge in [-0.2, -0.15) is 0 Å². The van der Waals surface area contributed by atoms with Crippen LogP contribution in [-0.2, 0) is 12.8 Å². The first-order valence-electron chi connectivity index (χ1n) is 8.63. The van der Waals surface area contributed by atoms with Gasteiger partial charge in [-0.05, 0) is 43.6 Å². The molecule has 0 radical (unpaired) electrons. The van der Waals surface area contributed by atoms with Crippen LogP contribution in [0.4, 0.5) is 4.79 Å². The standard InChI is InChI=1S/C17H23N3O3/c21-16(15-14-3-1-2-13(14)11-23-15)19-7-4-12(5-8-19)10-20-9-6-18-17(20)22/h11-12H,1-10H2,(H,18,22). The number of piperidine rings is 1. The lowest BCUT2D eigenvalue weighted by molar-refractivity contribution is 0.0644. The molecule has 1 aromatic rings. The molecule has 2 aliphatic heterocycles. The van der Waals surface area contributed by atoms with Crippen molar-refractivity contribution in [1.82, 2.24) is 15.1 Å². The number of hydrogen-bond acceptors (Lipinski definition) is 3. The van der Waals surface area contributed by atoms with Gasteiger partial charge in [-0.3, -0.25) is 4.79 Å². The molecule has 6 heteroatoms. The highest BCUT2D eigenvalue weighted by Gasteiger charge is 2.31. The molecule has 3 amide bonds. The van der Waals surface area contributed by atoms with Gasteiger partial charge in [-0.15, -0.1) is 0 Å². The number of rotatable bonds is 3. The third kappa shape index (κ3) is 2.71. The van der Waals surface area contributed by atoms with Crippen molar-refractivity contribution in [2.75, 3.05) is 32.7 Å². The van der Waals surface area contributed by atoms with Crippen molar-refractivity contribution in [3.8, 4) is 0 Å². The second-order valence-corrected chi connectivity index (χ2v) is 6.84. The Balaban J connectivity index is 1.34. The Morgan fingerprint density at radius 2 is 2.09 bits per heavy atom. The van der Waals surface area contributed by atoms with Crippen molar-refractivity contribution in [3.05, 3.63) is 23.2 Å². The largest absolute Gasteiger partial charge is 0.459 e. The molecule has 3 heterocycles. The summed E-state index contributed by atoms with van der Waals surface area (Å²) in [5, 5.41) is 2.84. The van der Waals surface area contributed by atoms with Crippen LogP contribution in [0.2, 0.25) is 0 Å². The number of aryl methyl sites for hydroxylation is 1. The summed E-state index contributed by atoms with van der Waals surface area (Å²) in [6, 6.07) is 0.0506. The first-order valence-corrected chi connectivity index (χ1v) is 8.63. The number of fused-ring (bicyclic) bond motifs is 1. The Labute approximate surface area is 135 Å². The summed E-state index contributed by atoms with van der Waals surface area (Å²) >= 11 is 0. The molecular formula is C17H23N3O3. The molecule has 0 bridgehead atoms. The van der Waals surface area contributed by atoms with Gasteiger partial charge in [0.2, 0.25) is 0 Å². The fourth-order valence-electron chi connectivity index (χ4n) is 4.00. The normalized spacial score (nSPS) is 21.7. The molecule has 23 heavy (non-hydrogen) atoms. The minimum absolute atomic E-state index is 0.0468. The average Bonchev–Trinajstić information content (AvgIpc) is 3.25. The lowest BCUT2D eigenvalue weighted by Gasteiger charge is -2.33. The van der Waals surface area contributed by atoms with Crippen LogP contribution in [-0.4, -0.2) is 54.5 Å². The lowest BCUT2D eigenvalue weighted by atomic mass is 9.96. The van der Waals surface area contributed by atoms with Crippen molar-refractivity contribution >= 4 is 11.9 Å². The van der Waals surface area contributed by atoms with Crippen LogP contribution in [0.3, 0.4) is 0 Å². The van der Waals surface area contributed by atoms with Gasteiger partial charge >= 0.3 is 6.03 Å². The van der Waals surface area contributed by atoms with E-state index >= 15 is 0 Å². The van der Waals surface area contributed by atoms with Gasteiger partial charge in [0.15, 0.2) is 5.76 Å². The van der Waals surface area contributed by atoms with Crippen LogP contribution in [0.15, 0.2) is 10.7 Å². The lowest BCUT2D eigenvalue weighted by Crippen LogP contribution is -2.42. The second-order valence-electron chi connectivity index (χ2n) is 6.84. The van der Waals surface area contributed by atoms with Crippen LogP contribution in [0.25, 0.3) is 0 Å². The molecule has 0 aromatic carbocycles. The monoisotopic (exact) mass is 317 g/mol. The van der Waals surface area contributed by atoms with Crippen molar-refractivity contribution in [2.45, 2.75) is 32.1 Å². The van der Waals surface area contributed by atoms with Gasteiger partial charge in [0.1, 0.15) is 0 Å². The number of furan rings is 1. The molecule has 0 unspecified atom stereocenters. The average molecular weight is 317 g/mol. The summed E-state index contributed by atoms with van der Waals surface area (Å²) in [5.74, 6) is 1.10. The summed E-state index contributed by atoms with van der Waals surface area (Å²) in [4.78, 5) is 28.1. The van der Waals surface area contributed by atoms with Crippen LogP contribution < -0.4 is 5.32 Å². The fourth-order valence-corrected chi connectivity index (χ4v) is 4.00. The Morgan fingerprint density at radius 3 is 2.83 bits per heavy atom. The highest BCUT2D eigenvalue weighted by molar-refractivity contribution is 5.93. The summed E-state index contributed by atoms with van der Waals surface area (Å²) in [7, 11) is 0. The molecule has 4 rings (SSSR count). The zero-order chi connectivity index (χ0) is 15.8. The van der Waals surface area contributed by atoms with E-state index in [1.54, 1.807) is 6.26 Å². The first-order chi connectivity index (χ1) is 11.2. The number of nitrogens with one attached hydrogen (secondary N) is 1. The van der Waals surface area contributed by atoms with Gasteiger partial charge in [0.05, 0.1) is 6.26 Å². The minimum atomic E-state index is 0.0468. The van der Waals surface area contributed by atoms with Gasteiger partial charge in [0.25, 0.3) is 5.91 Å². The Morgan fingerprint density at radius 1 is 1.26 bits per heavy atom. The number of carbonyl (C=O) groups excluding carboxylic acids is 2. The van der Waals surface area contributed by atoms with E-state index in [1.165, 1.54) is 5.56 Å². The third-order valence-electron chi connectivity index (χ3n) is 5.37. The molecule has 0 atom stereocenters. The number of nitrogens with zero attached hydrogens (tertiary/aromatic N) is 2. The highest BCUT2D eigenvalue weighted by Crippen LogP contribution is 2.29. The zero-order valence-electron chi connectivity index (χ0n) is 13.3. The quantitative estimate of drug-likeness (QED) is 0.922. The maximum atomic E-state index is 12.7. The molecule has 0 saturated carbocycles. The Bertz CT molecular complexity index is 617. The molecule has 1 aromatic heterocycles. The summed E-state index contributed by atoms with van der Waals surface area (Å²) in [5.41, 5.74) is 2.34. The Hall–Kier alpha value is -1.98. The molecular weight excluding hydrogens is 294 g/mol. The van der Waals surface area contributed by atoms with Gasteiger partial charge in [0, 0.05) is 38.3 Å². The topological polar surface area (TPSA) is 65.8 Å². The number of likely N-dealkylation sites (tertiary alicyclic amines) is 1. The second kappa shape index (κ2) is 5.91. The van der Waals surface area contributed by atoms with E-state index in [2.05, 4.69) is 5.32 Å². The van der Waals surface area contributed by atoms with E-state index in [4.69, 9.17) is 4.42 Å². The van der Waals surface area contributed by atoms with Crippen LogP contribution >= 0.6 is 0 Å². The van der Waals surface area contributed by atoms with E-state index in [0.29, 0.717) is 11.7 Å². The zero-order valence-corrected chi connectivity index (χ0v) is 13.3.